The van der Waals surface area contributed by atoms with Gasteiger partial charge in [0.2, 0.25) is 5.89 Å². The van der Waals surface area contributed by atoms with Crippen molar-refractivity contribution >= 4 is 5.65 Å². The molecular weight excluding hydrogens is 373 g/mol. The molecule has 3 heterocycles. The molecule has 142 valence electrons. The van der Waals surface area contributed by atoms with Crippen LogP contribution in [0.1, 0.15) is 29.3 Å². The molecule has 0 fully saturated rings. The Bertz CT molecular complexity index is 1270. The van der Waals surface area contributed by atoms with Crippen LogP contribution in [0.25, 0.3) is 17.1 Å². The number of aromatic nitrogens is 4. The van der Waals surface area contributed by atoms with Crippen LogP contribution in [0.5, 0.6) is 0 Å². The Morgan fingerprint density at radius 2 is 1.96 bits per heavy atom. The van der Waals surface area contributed by atoms with E-state index in [0.29, 0.717) is 36.5 Å². The van der Waals surface area contributed by atoms with Gasteiger partial charge in [0.25, 0.3) is 0 Å². The molecule has 0 spiro atoms. The number of aryl methyl sites for hydroxylation is 1. The first kappa shape index (κ1) is 16.8. The zero-order valence-electron chi connectivity index (χ0n) is 14.4. The van der Waals surface area contributed by atoms with Crippen LogP contribution in [-0.4, -0.2) is 19.6 Å². The fourth-order valence-electron chi connectivity index (χ4n) is 3.82. The zero-order valence-corrected chi connectivity index (χ0v) is 14.4. The molecule has 6 nitrogen and oxygen atoms in total. The van der Waals surface area contributed by atoms with Crippen molar-refractivity contribution in [3.63, 3.8) is 0 Å². The van der Waals surface area contributed by atoms with E-state index in [4.69, 9.17) is 4.42 Å². The summed E-state index contributed by atoms with van der Waals surface area (Å²) in [5.74, 6) is -3.75. The van der Waals surface area contributed by atoms with E-state index in [1.165, 1.54) is 0 Å². The summed E-state index contributed by atoms with van der Waals surface area (Å²) in [5, 5.41) is 6.01. The van der Waals surface area contributed by atoms with Crippen LogP contribution < -0.4 is 5.76 Å². The van der Waals surface area contributed by atoms with Gasteiger partial charge < -0.3 is 8.82 Å². The van der Waals surface area contributed by atoms with Crippen molar-refractivity contribution in [1.82, 2.24) is 19.6 Å². The standard InChI is InChI=1S/C19H13F3N4O2/c20-12-8-14(22)13(21)7-11(12)9-1-2-16-15(5-9)23-17-6-10(3-4-26(16)17)18-24-25-19(27)28-18/h3-4,6-9H,1-2,5H2,(H,25,27). The molecule has 0 radical (unpaired) electrons. The molecule has 1 N–H and O–H groups in total. The maximum Gasteiger partial charge on any atom is 0.434 e. The Labute approximate surface area is 155 Å². The second kappa shape index (κ2) is 6.08. The number of rotatable bonds is 2. The molecule has 4 aromatic rings. The number of nitrogens with one attached hydrogen (secondary N) is 1. The topological polar surface area (TPSA) is 76.2 Å². The average Bonchev–Trinajstić information content (AvgIpc) is 3.26. The van der Waals surface area contributed by atoms with E-state index in [9.17, 15) is 18.0 Å². The van der Waals surface area contributed by atoms with Crippen LogP contribution in [-0.2, 0) is 12.8 Å². The van der Waals surface area contributed by atoms with Crippen LogP contribution in [0.2, 0.25) is 0 Å². The van der Waals surface area contributed by atoms with E-state index >= 15 is 0 Å². The lowest BCUT2D eigenvalue weighted by Crippen LogP contribution is -2.15. The van der Waals surface area contributed by atoms with Crippen molar-refractivity contribution < 1.29 is 17.6 Å². The third-order valence-corrected chi connectivity index (χ3v) is 5.14. The molecule has 1 aliphatic carbocycles. The van der Waals surface area contributed by atoms with E-state index in [2.05, 4.69) is 15.2 Å². The molecule has 0 amide bonds. The predicted octanol–water partition coefficient (Wildman–Crippen LogP) is 3.37. The minimum Gasteiger partial charge on any atom is -0.388 e. The van der Waals surface area contributed by atoms with Crippen molar-refractivity contribution in [2.24, 2.45) is 0 Å². The molecule has 0 saturated heterocycles. The normalized spacial score (nSPS) is 16.5. The molecule has 28 heavy (non-hydrogen) atoms. The lowest BCUT2D eigenvalue weighted by Gasteiger charge is -2.22. The van der Waals surface area contributed by atoms with Gasteiger partial charge in [-0.3, -0.25) is 0 Å². The molecule has 1 atom stereocenters. The highest BCUT2D eigenvalue weighted by Gasteiger charge is 2.27. The van der Waals surface area contributed by atoms with Gasteiger partial charge >= 0.3 is 5.76 Å². The van der Waals surface area contributed by atoms with Crippen LogP contribution in [0.4, 0.5) is 13.2 Å². The summed E-state index contributed by atoms with van der Waals surface area (Å²) in [6.45, 7) is 0. The molecule has 1 unspecified atom stereocenters. The number of fused-ring (bicyclic) bond motifs is 3. The number of imidazole rings is 1. The number of halogens is 3. The van der Waals surface area contributed by atoms with E-state index in [-0.39, 0.29) is 17.4 Å². The Balaban J connectivity index is 1.52. The summed E-state index contributed by atoms with van der Waals surface area (Å²) in [5.41, 5.74) is 3.17. The smallest absolute Gasteiger partial charge is 0.388 e. The van der Waals surface area contributed by atoms with Crippen molar-refractivity contribution in [3.8, 4) is 11.5 Å². The Hall–Kier alpha value is -3.36. The maximum atomic E-state index is 14.2. The number of nitrogens with zero attached hydrogens (tertiary/aromatic N) is 3. The van der Waals surface area contributed by atoms with Gasteiger partial charge in [0.05, 0.1) is 5.69 Å². The SMILES string of the molecule is O=c1[nH]nc(-c2ccn3c4c(nc3c2)CC(c2cc(F)c(F)cc2F)CC4)o1. The van der Waals surface area contributed by atoms with Gasteiger partial charge in [-0.2, -0.15) is 0 Å². The third-order valence-electron chi connectivity index (χ3n) is 5.14. The second-order valence-corrected chi connectivity index (χ2v) is 6.79. The van der Waals surface area contributed by atoms with Gasteiger partial charge in [0.15, 0.2) is 11.6 Å². The number of aromatic amines is 1. The Morgan fingerprint density at radius 3 is 2.75 bits per heavy atom. The quantitative estimate of drug-likeness (QED) is 0.536. The van der Waals surface area contributed by atoms with Crippen LogP contribution in [0, 0.1) is 17.5 Å². The van der Waals surface area contributed by atoms with Gasteiger partial charge in [-0.15, -0.1) is 5.10 Å². The fourth-order valence-corrected chi connectivity index (χ4v) is 3.82. The lowest BCUT2D eigenvalue weighted by molar-refractivity contribution is 0.473. The number of hydrogen-bond acceptors (Lipinski definition) is 4. The molecule has 5 rings (SSSR count). The van der Waals surface area contributed by atoms with Crippen molar-refractivity contribution in [2.75, 3.05) is 0 Å². The molecule has 1 aromatic carbocycles. The second-order valence-electron chi connectivity index (χ2n) is 6.79. The monoisotopic (exact) mass is 386 g/mol. The van der Waals surface area contributed by atoms with Crippen molar-refractivity contribution in [3.05, 3.63) is 75.4 Å². The van der Waals surface area contributed by atoms with E-state index < -0.39 is 23.2 Å². The first-order chi connectivity index (χ1) is 13.5. The van der Waals surface area contributed by atoms with Crippen molar-refractivity contribution in [2.45, 2.75) is 25.2 Å². The molecule has 0 bridgehead atoms. The van der Waals surface area contributed by atoms with Crippen molar-refractivity contribution in [1.29, 1.82) is 0 Å². The van der Waals surface area contributed by atoms with Gasteiger partial charge in [-0.05, 0) is 48.9 Å². The summed E-state index contributed by atoms with van der Waals surface area (Å²) in [4.78, 5) is 15.7. The first-order valence-corrected chi connectivity index (χ1v) is 8.70. The Kier molecular flexibility index (Phi) is 3.65. The van der Waals surface area contributed by atoms with Gasteiger partial charge in [0.1, 0.15) is 11.5 Å². The predicted molar refractivity (Wildman–Crippen MR) is 92.4 cm³/mol. The first-order valence-electron chi connectivity index (χ1n) is 8.70. The van der Waals surface area contributed by atoms with Crippen LogP contribution >= 0.6 is 0 Å². The van der Waals surface area contributed by atoms with E-state index in [0.717, 1.165) is 17.5 Å². The fraction of sp³-hybridized carbons (Fsp3) is 0.211. The number of hydrogen-bond donors (Lipinski definition) is 1. The largest absolute Gasteiger partial charge is 0.434 e. The molecule has 0 aliphatic heterocycles. The Morgan fingerprint density at radius 1 is 1.14 bits per heavy atom. The summed E-state index contributed by atoms with van der Waals surface area (Å²) < 4.78 is 47.8. The summed E-state index contributed by atoms with van der Waals surface area (Å²) in [6.07, 6.45) is 3.45. The highest BCUT2D eigenvalue weighted by atomic mass is 19.2. The van der Waals surface area contributed by atoms with Crippen LogP contribution in [0.15, 0.2) is 39.7 Å². The minimum atomic E-state index is -1.19. The molecule has 9 heteroatoms. The summed E-state index contributed by atoms with van der Waals surface area (Å²) in [6, 6.07) is 5.03. The van der Waals surface area contributed by atoms with Gasteiger partial charge in [0, 0.05) is 23.5 Å². The average molecular weight is 386 g/mol. The van der Waals surface area contributed by atoms with Gasteiger partial charge in [-0.25, -0.2) is 28.0 Å². The number of H-pyrrole nitrogens is 1. The highest BCUT2D eigenvalue weighted by Crippen LogP contribution is 2.35. The summed E-state index contributed by atoms with van der Waals surface area (Å²) >= 11 is 0. The molecule has 3 aromatic heterocycles. The molecular formula is C19H13F3N4O2. The maximum absolute atomic E-state index is 14.2. The molecule has 0 saturated carbocycles. The third kappa shape index (κ3) is 2.62. The number of benzene rings is 1. The van der Waals surface area contributed by atoms with Gasteiger partial charge in [-0.1, -0.05) is 0 Å². The lowest BCUT2D eigenvalue weighted by atomic mass is 9.84. The van der Waals surface area contributed by atoms with E-state index in [1.54, 1.807) is 12.1 Å². The number of pyridine rings is 1. The summed E-state index contributed by atoms with van der Waals surface area (Å²) in [7, 11) is 0. The minimum absolute atomic E-state index is 0.162. The van der Waals surface area contributed by atoms with Crippen LogP contribution in [0.3, 0.4) is 0 Å². The highest BCUT2D eigenvalue weighted by molar-refractivity contribution is 5.60. The van der Waals surface area contributed by atoms with E-state index in [1.807, 2.05) is 10.6 Å². The zero-order chi connectivity index (χ0) is 19.4. The molecule has 1 aliphatic rings.